The van der Waals surface area contributed by atoms with Gasteiger partial charge in [0, 0.05) is 22.9 Å². The molecule has 1 N–H and O–H groups in total. The number of ether oxygens (including phenoxy) is 1. The summed E-state index contributed by atoms with van der Waals surface area (Å²) in [6, 6.07) is 6.26. The second-order valence-corrected chi connectivity index (χ2v) is 5.52. The third kappa shape index (κ3) is 4.37. The maximum atomic E-state index is 11.8. The first-order valence-corrected chi connectivity index (χ1v) is 7.40. The summed E-state index contributed by atoms with van der Waals surface area (Å²) in [7, 11) is 0. The molecule has 0 saturated heterocycles. The van der Waals surface area contributed by atoms with Gasteiger partial charge in [0.2, 0.25) is 5.91 Å². The average molecular weight is 339 g/mol. The third-order valence-corrected chi connectivity index (χ3v) is 3.51. The Morgan fingerprint density at radius 1 is 1.27 bits per heavy atom. The summed E-state index contributed by atoms with van der Waals surface area (Å²) < 4.78 is 4.90. The molecule has 1 aromatic carbocycles. The first kappa shape index (κ1) is 16.1. The molecule has 2 rings (SSSR count). The number of benzene rings is 1. The monoisotopic (exact) mass is 338 g/mol. The van der Waals surface area contributed by atoms with Crippen molar-refractivity contribution >= 4 is 45.7 Å². The zero-order valence-electron chi connectivity index (χ0n) is 11.5. The lowest BCUT2D eigenvalue weighted by Gasteiger charge is -2.02. The van der Waals surface area contributed by atoms with Crippen molar-refractivity contribution in [2.45, 2.75) is 6.92 Å². The summed E-state index contributed by atoms with van der Waals surface area (Å²) in [6.45, 7) is 0.942. The van der Waals surface area contributed by atoms with Crippen LogP contribution >= 0.6 is 22.9 Å². The third-order valence-electron chi connectivity index (χ3n) is 2.50. The Bertz CT molecular complexity index is 712. The zero-order valence-corrected chi connectivity index (χ0v) is 13.0. The van der Waals surface area contributed by atoms with Crippen LogP contribution in [0, 0.1) is 0 Å². The molecule has 114 valence electrons. The van der Waals surface area contributed by atoms with Crippen LogP contribution in [-0.2, 0) is 9.53 Å². The number of carbonyl (C=O) groups excluding carboxylic acids is 3. The maximum Gasteiger partial charge on any atom is 0.358 e. The summed E-state index contributed by atoms with van der Waals surface area (Å²) in [5.41, 5.74) is 0.437. The summed E-state index contributed by atoms with van der Waals surface area (Å²) >= 11 is 6.82. The van der Waals surface area contributed by atoms with Crippen molar-refractivity contribution < 1.29 is 19.1 Å². The van der Waals surface area contributed by atoms with Crippen molar-refractivity contribution in [3.05, 3.63) is 45.9 Å². The number of amides is 1. The number of nitrogens with one attached hydrogen (secondary N) is 1. The Morgan fingerprint density at radius 2 is 1.95 bits per heavy atom. The molecule has 1 amide bonds. The van der Waals surface area contributed by atoms with E-state index >= 15 is 0 Å². The largest absolute Gasteiger partial charge is 0.453 e. The Hall–Kier alpha value is -2.25. The van der Waals surface area contributed by atoms with Gasteiger partial charge in [-0.1, -0.05) is 11.6 Å². The molecule has 0 saturated carbocycles. The molecule has 8 heteroatoms. The fourth-order valence-electron chi connectivity index (χ4n) is 1.50. The molecule has 0 bridgehead atoms. The predicted octanol–water partition coefficient (Wildman–Crippen LogP) is 2.79. The maximum absolute atomic E-state index is 11.8. The summed E-state index contributed by atoms with van der Waals surface area (Å²) in [6.07, 6.45) is 0. The van der Waals surface area contributed by atoms with Gasteiger partial charge < -0.3 is 10.1 Å². The van der Waals surface area contributed by atoms with Crippen molar-refractivity contribution in [3.8, 4) is 0 Å². The zero-order chi connectivity index (χ0) is 16.1. The molecule has 0 aliphatic heterocycles. The number of aromatic nitrogens is 1. The molecule has 1 heterocycles. The van der Waals surface area contributed by atoms with Crippen molar-refractivity contribution in [2.24, 2.45) is 0 Å². The number of halogens is 1. The molecule has 0 aliphatic rings. The second kappa shape index (κ2) is 7.15. The van der Waals surface area contributed by atoms with Crippen LogP contribution in [0.4, 0.5) is 5.13 Å². The van der Waals surface area contributed by atoms with E-state index in [0.717, 1.165) is 11.3 Å². The van der Waals surface area contributed by atoms with Gasteiger partial charge in [0.1, 0.15) is 0 Å². The molecule has 0 fully saturated rings. The van der Waals surface area contributed by atoms with E-state index in [1.807, 2.05) is 0 Å². The number of hydrogen-bond acceptors (Lipinski definition) is 6. The topological polar surface area (TPSA) is 85.4 Å². The van der Waals surface area contributed by atoms with Crippen LogP contribution in [0.5, 0.6) is 0 Å². The highest BCUT2D eigenvalue weighted by molar-refractivity contribution is 7.14. The van der Waals surface area contributed by atoms with Gasteiger partial charge in [-0.2, -0.15) is 0 Å². The highest BCUT2D eigenvalue weighted by Gasteiger charge is 2.15. The molecule has 22 heavy (non-hydrogen) atoms. The number of Topliss-reactive ketones (excluding diaryl/α,β-unsaturated/α-hetero) is 1. The van der Waals surface area contributed by atoms with E-state index in [4.69, 9.17) is 16.3 Å². The first-order valence-electron chi connectivity index (χ1n) is 6.14. The van der Waals surface area contributed by atoms with Crippen molar-refractivity contribution in [2.75, 3.05) is 11.9 Å². The Kier molecular flexibility index (Phi) is 5.24. The van der Waals surface area contributed by atoms with Gasteiger partial charge in [0.25, 0.3) is 0 Å². The average Bonchev–Trinajstić information content (AvgIpc) is 2.93. The molecule has 1 aromatic heterocycles. The minimum Gasteiger partial charge on any atom is -0.453 e. The molecule has 0 aliphatic carbocycles. The minimum absolute atomic E-state index is 0.0395. The first-order chi connectivity index (χ1) is 10.5. The fourth-order valence-corrected chi connectivity index (χ4v) is 2.35. The van der Waals surface area contributed by atoms with E-state index in [1.165, 1.54) is 12.3 Å². The molecule has 0 radical (unpaired) electrons. The molecule has 0 spiro atoms. The lowest BCUT2D eigenvalue weighted by Crippen LogP contribution is -2.14. The minimum atomic E-state index is -0.727. The Morgan fingerprint density at radius 3 is 2.59 bits per heavy atom. The molecule has 0 atom stereocenters. The van der Waals surface area contributed by atoms with E-state index in [9.17, 15) is 14.4 Å². The van der Waals surface area contributed by atoms with Gasteiger partial charge in [-0.25, -0.2) is 9.78 Å². The van der Waals surface area contributed by atoms with Crippen molar-refractivity contribution in [1.29, 1.82) is 0 Å². The Balaban J connectivity index is 1.92. The number of ketones is 1. The predicted molar refractivity (Wildman–Crippen MR) is 82.5 cm³/mol. The highest BCUT2D eigenvalue weighted by atomic mass is 35.5. The van der Waals surface area contributed by atoms with Crippen LogP contribution in [0.15, 0.2) is 29.6 Å². The lowest BCUT2D eigenvalue weighted by molar-refractivity contribution is -0.114. The molecule has 0 unspecified atom stereocenters. The van der Waals surface area contributed by atoms with Gasteiger partial charge in [0.05, 0.1) is 0 Å². The summed E-state index contributed by atoms with van der Waals surface area (Å²) in [4.78, 5) is 38.4. The van der Waals surface area contributed by atoms with Gasteiger partial charge in [0.15, 0.2) is 23.2 Å². The number of carbonyl (C=O) groups is 3. The summed E-state index contributed by atoms with van der Waals surface area (Å²) in [5.74, 6) is -1.36. The van der Waals surface area contributed by atoms with E-state index in [-0.39, 0.29) is 17.4 Å². The summed E-state index contributed by atoms with van der Waals surface area (Å²) in [5, 5.41) is 4.71. The number of rotatable bonds is 5. The SMILES string of the molecule is CC(=O)Nc1nc(C(=O)OCC(=O)c2ccc(Cl)cc2)cs1. The van der Waals surface area contributed by atoms with Crippen molar-refractivity contribution in [1.82, 2.24) is 4.98 Å². The number of thiazole rings is 1. The van der Waals surface area contributed by atoms with Gasteiger partial charge in [-0.05, 0) is 24.3 Å². The number of esters is 1. The number of hydrogen-bond donors (Lipinski definition) is 1. The van der Waals surface area contributed by atoms with E-state index in [1.54, 1.807) is 24.3 Å². The normalized spacial score (nSPS) is 10.1. The Labute approximate surface area is 135 Å². The number of anilines is 1. The fraction of sp³-hybridized carbons (Fsp3) is 0.143. The standard InChI is InChI=1S/C14H11ClN2O4S/c1-8(18)16-14-17-11(7-22-14)13(20)21-6-12(19)9-2-4-10(15)5-3-9/h2-5,7H,6H2,1H3,(H,16,17,18). The molecule has 6 nitrogen and oxygen atoms in total. The van der Waals surface area contributed by atoms with Crippen LogP contribution in [0.1, 0.15) is 27.8 Å². The number of nitrogens with zero attached hydrogens (tertiary/aromatic N) is 1. The van der Waals surface area contributed by atoms with Crippen molar-refractivity contribution in [3.63, 3.8) is 0 Å². The van der Waals surface area contributed by atoms with Gasteiger partial charge in [-0.3, -0.25) is 9.59 Å². The smallest absolute Gasteiger partial charge is 0.358 e. The van der Waals surface area contributed by atoms with E-state index in [0.29, 0.717) is 15.7 Å². The van der Waals surface area contributed by atoms with E-state index in [2.05, 4.69) is 10.3 Å². The molecular formula is C14H11ClN2O4S. The van der Waals surface area contributed by atoms with Crippen LogP contribution in [0.25, 0.3) is 0 Å². The van der Waals surface area contributed by atoms with Crippen LogP contribution < -0.4 is 5.32 Å². The quantitative estimate of drug-likeness (QED) is 0.669. The van der Waals surface area contributed by atoms with Crippen LogP contribution in [0.3, 0.4) is 0 Å². The van der Waals surface area contributed by atoms with Gasteiger partial charge in [-0.15, -0.1) is 11.3 Å². The second-order valence-electron chi connectivity index (χ2n) is 4.23. The molecular weight excluding hydrogens is 328 g/mol. The van der Waals surface area contributed by atoms with Crippen LogP contribution in [-0.4, -0.2) is 29.3 Å². The van der Waals surface area contributed by atoms with E-state index < -0.39 is 12.6 Å². The highest BCUT2D eigenvalue weighted by Crippen LogP contribution is 2.16. The molecule has 2 aromatic rings. The lowest BCUT2D eigenvalue weighted by atomic mass is 10.1. The van der Waals surface area contributed by atoms with Gasteiger partial charge >= 0.3 is 5.97 Å². The van der Waals surface area contributed by atoms with Crippen LogP contribution in [0.2, 0.25) is 5.02 Å².